The molecule has 3 heterocycles. The normalized spacial score (nSPS) is 14.4. The molecule has 9 heteroatoms. The van der Waals surface area contributed by atoms with Gasteiger partial charge in [-0.05, 0) is 56.5 Å². The van der Waals surface area contributed by atoms with E-state index in [0.29, 0.717) is 51.2 Å². The number of aliphatic carboxylic acids is 1. The van der Waals surface area contributed by atoms with E-state index in [2.05, 4.69) is 9.97 Å². The quantitative estimate of drug-likeness (QED) is 0.375. The number of fused-ring (bicyclic) bond motifs is 1. The minimum atomic E-state index is -1.28. The average Bonchev–Trinajstić information content (AvgIpc) is 3.21. The van der Waals surface area contributed by atoms with Crippen LogP contribution in [-0.4, -0.2) is 37.7 Å². The third-order valence-electron chi connectivity index (χ3n) is 5.92. The molecule has 2 aromatic heterocycles. The van der Waals surface area contributed by atoms with Gasteiger partial charge in [0.25, 0.3) is 0 Å². The Labute approximate surface area is 205 Å². The van der Waals surface area contributed by atoms with Crippen LogP contribution < -0.4 is 0 Å². The lowest BCUT2D eigenvalue weighted by Gasteiger charge is -2.28. The van der Waals surface area contributed by atoms with Gasteiger partial charge in [-0.1, -0.05) is 12.1 Å². The molecule has 0 saturated carbocycles. The smallest absolute Gasteiger partial charge is 0.365 e. The second kappa shape index (κ2) is 8.37. The highest BCUT2D eigenvalue weighted by Gasteiger charge is 2.33. The van der Waals surface area contributed by atoms with Crippen LogP contribution in [0.2, 0.25) is 0 Å². The van der Waals surface area contributed by atoms with Crippen LogP contribution in [-0.2, 0) is 27.5 Å². The van der Waals surface area contributed by atoms with Crippen LogP contribution in [0.4, 0.5) is 0 Å². The SMILES string of the molecule is Cc1cc2nc(C(=O)O)sc2c(-c2ccc3c4c(ccnc24)COC3)c1[C@H](OC(C)(C)C)C(=O)O. The van der Waals surface area contributed by atoms with Gasteiger partial charge in [0.15, 0.2) is 6.10 Å². The Morgan fingerprint density at radius 3 is 2.51 bits per heavy atom. The topological polar surface area (TPSA) is 119 Å². The molecule has 1 aliphatic heterocycles. The summed E-state index contributed by atoms with van der Waals surface area (Å²) in [4.78, 5) is 33.3. The number of hydrogen-bond donors (Lipinski definition) is 2. The summed E-state index contributed by atoms with van der Waals surface area (Å²) in [5, 5.41) is 20.8. The molecular formula is C26H24N2O6S. The van der Waals surface area contributed by atoms with Gasteiger partial charge < -0.3 is 19.7 Å². The third-order valence-corrected chi connectivity index (χ3v) is 6.99. The van der Waals surface area contributed by atoms with E-state index in [1.54, 1.807) is 40.0 Å². The van der Waals surface area contributed by atoms with Crippen molar-refractivity contribution in [2.45, 2.75) is 52.6 Å². The van der Waals surface area contributed by atoms with Crippen LogP contribution in [0.1, 0.15) is 58.9 Å². The van der Waals surface area contributed by atoms with Gasteiger partial charge in [0.1, 0.15) is 0 Å². The molecule has 35 heavy (non-hydrogen) atoms. The van der Waals surface area contributed by atoms with Crippen molar-refractivity contribution >= 4 is 44.4 Å². The molecule has 8 nitrogen and oxygen atoms in total. The number of carboxylic acids is 2. The molecule has 2 N–H and O–H groups in total. The van der Waals surface area contributed by atoms with Crippen LogP contribution in [0.5, 0.6) is 0 Å². The number of nitrogens with zero attached hydrogens (tertiary/aromatic N) is 2. The Kier molecular flexibility index (Phi) is 5.58. The van der Waals surface area contributed by atoms with Crippen LogP contribution >= 0.6 is 11.3 Å². The third kappa shape index (κ3) is 4.05. The zero-order valence-electron chi connectivity index (χ0n) is 19.7. The summed E-state index contributed by atoms with van der Waals surface area (Å²) in [7, 11) is 0. The number of rotatable bonds is 5. The van der Waals surface area contributed by atoms with Gasteiger partial charge in [-0.15, -0.1) is 11.3 Å². The average molecular weight is 493 g/mol. The fourth-order valence-electron chi connectivity index (χ4n) is 4.62. The van der Waals surface area contributed by atoms with Gasteiger partial charge in [-0.2, -0.15) is 0 Å². The van der Waals surface area contributed by atoms with Crippen LogP contribution in [0.15, 0.2) is 30.5 Å². The van der Waals surface area contributed by atoms with Crippen molar-refractivity contribution in [3.63, 3.8) is 0 Å². The fraction of sp³-hybridized carbons (Fsp3) is 0.308. The number of carboxylic acid groups (broad SMARTS) is 2. The van der Waals surface area contributed by atoms with E-state index in [4.69, 9.17) is 9.47 Å². The monoisotopic (exact) mass is 492 g/mol. The van der Waals surface area contributed by atoms with Gasteiger partial charge >= 0.3 is 11.9 Å². The maximum atomic E-state index is 12.5. The van der Waals surface area contributed by atoms with E-state index in [1.807, 2.05) is 18.2 Å². The number of hydrogen-bond acceptors (Lipinski definition) is 7. The van der Waals surface area contributed by atoms with Crippen molar-refractivity contribution in [2.75, 3.05) is 0 Å². The standard InChI is InChI=1S/C26H24N2O6S/c1-12-9-16-22(35-23(28-16)25(31)32)19(17(12)21(24(29)30)34-26(2,3)4)15-6-5-13-10-33-11-14-7-8-27-20(15)18(13)14/h5-9,21H,10-11H2,1-4H3,(H,29,30)(H,31,32)/t21-/m0/s1. The summed E-state index contributed by atoms with van der Waals surface area (Å²) >= 11 is 1.02. The second-order valence-electron chi connectivity index (χ2n) is 9.56. The first kappa shape index (κ1) is 23.3. The maximum absolute atomic E-state index is 12.5. The first-order valence-corrected chi connectivity index (χ1v) is 11.9. The number of aromatic nitrogens is 2. The Morgan fingerprint density at radius 2 is 1.86 bits per heavy atom. The summed E-state index contributed by atoms with van der Waals surface area (Å²) in [6, 6.07) is 7.50. The molecule has 0 fully saturated rings. The summed E-state index contributed by atoms with van der Waals surface area (Å²) in [5.41, 5.74) is 4.88. The predicted molar refractivity (Wildman–Crippen MR) is 132 cm³/mol. The van der Waals surface area contributed by atoms with Crippen molar-refractivity contribution in [2.24, 2.45) is 0 Å². The highest BCUT2D eigenvalue weighted by atomic mass is 32.1. The van der Waals surface area contributed by atoms with E-state index in [-0.39, 0.29) is 5.01 Å². The van der Waals surface area contributed by atoms with Crippen molar-refractivity contribution in [3.05, 3.63) is 57.7 Å². The van der Waals surface area contributed by atoms with Crippen molar-refractivity contribution < 1.29 is 29.3 Å². The summed E-state index contributed by atoms with van der Waals surface area (Å²) in [6.07, 6.45) is 0.432. The zero-order valence-corrected chi connectivity index (χ0v) is 20.5. The molecule has 0 spiro atoms. The van der Waals surface area contributed by atoms with Gasteiger partial charge in [0.2, 0.25) is 5.01 Å². The number of pyridine rings is 1. The zero-order chi connectivity index (χ0) is 25.1. The Bertz CT molecular complexity index is 1510. The van der Waals surface area contributed by atoms with Gasteiger partial charge in [-0.3, -0.25) is 4.98 Å². The molecule has 0 amide bonds. The molecule has 5 rings (SSSR count). The van der Waals surface area contributed by atoms with E-state index in [9.17, 15) is 19.8 Å². The number of ether oxygens (including phenoxy) is 2. The van der Waals surface area contributed by atoms with Gasteiger partial charge in [-0.25, -0.2) is 14.6 Å². The van der Waals surface area contributed by atoms with Crippen molar-refractivity contribution in [1.29, 1.82) is 0 Å². The number of thiazole rings is 1. The van der Waals surface area contributed by atoms with E-state index in [0.717, 1.165) is 27.8 Å². The maximum Gasteiger partial charge on any atom is 0.365 e. The number of benzene rings is 2. The molecule has 2 aromatic carbocycles. The van der Waals surface area contributed by atoms with Gasteiger partial charge in [0, 0.05) is 28.3 Å². The Balaban J connectivity index is 1.92. The molecule has 1 atom stereocenters. The molecule has 4 aromatic rings. The Hall–Kier alpha value is -3.40. The molecule has 1 aliphatic rings. The predicted octanol–water partition coefficient (Wildman–Crippen LogP) is 5.49. The molecule has 180 valence electrons. The Morgan fingerprint density at radius 1 is 1.14 bits per heavy atom. The summed E-state index contributed by atoms with van der Waals surface area (Å²) in [6.45, 7) is 8.12. The number of aryl methyl sites for hydroxylation is 1. The minimum Gasteiger partial charge on any atom is -0.479 e. The molecule has 0 unspecified atom stereocenters. The lowest BCUT2D eigenvalue weighted by molar-refractivity contribution is -0.160. The highest BCUT2D eigenvalue weighted by molar-refractivity contribution is 7.20. The second-order valence-corrected chi connectivity index (χ2v) is 10.6. The summed E-state index contributed by atoms with van der Waals surface area (Å²) in [5.74, 6) is -2.26. The lowest BCUT2D eigenvalue weighted by atomic mass is 9.88. The first-order valence-electron chi connectivity index (χ1n) is 11.1. The molecular weight excluding hydrogens is 468 g/mol. The molecule has 0 radical (unpaired) electrons. The number of aromatic carboxylic acids is 1. The van der Waals surface area contributed by atoms with E-state index in [1.165, 1.54) is 0 Å². The fourth-order valence-corrected chi connectivity index (χ4v) is 5.57. The van der Waals surface area contributed by atoms with Crippen molar-refractivity contribution in [1.82, 2.24) is 9.97 Å². The number of carbonyl (C=O) groups is 2. The first-order chi connectivity index (χ1) is 16.5. The highest BCUT2D eigenvalue weighted by Crippen LogP contribution is 2.45. The van der Waals surface area contributed by atoms with Crippen LogP contribution in [0, 0.1) is 6.92 Å². The van der Waals surface area contributed by atoms with Crippen molar-refractivity contribution in [3.8, 4) is 11.1 Å². The molecule has 0 bridgehead atoms. The molecule has 0 aliphatic carbocycles. The molecule has 0 saturated heterocycles. The lowest BCUT2D eigenvalue weighted by Crippen LogP contribution is -2.28. The largest absolute Gasteiger partial charge is 0.479 e. The minimum absolute atomic E-state index is 0.0643. The van der Waals surface area contributed by atoms with E-state index >= 15 is 0 Å². The van der Waals surface area contributed by atoms with Gasteiger partial charge in [0.05, 0.1) is 34.5 Å². The van der Waals surface area contributed by atoms with Crippen LogP contribution in [0.3, 0.4) is 0 Å². The summed E-state index contributed by atoms with van der Waals surface area (Å²) < 4.78 is 12.3. The van der Waals surface area contributed by atoms with E-state index < -0.39 is 23.6 Å². The van der Waals surface area contributed by atoms with Crippen LogP contribution in [0.25, 0.3) is 32.2 Å².